The number of hydrogen-bond donors (Lipinski definition) is 2. The number of aryl methyl sites for hydroxylation is 3. The summed E-state index contributed by atoms with van der Waals surface area (Å²) in [5.74, 6) is -1.68. The minimum absolute atomic E-state index is 0.0324. The molecule has 7 heteroatoms. The van der Waals surface area contributed by atoms with Crippen molar-refractivity contribution in [1.29, 1.82) is 0 Å². The van der Waals surface area contributed by atoms with E-state index in [4.69, 9.17) is 0 Å². The van der Waals surface area contributed by atoms with Crippen LogP contribution in [0.15, 0.2) is 36.4 Å². The van der Waals surface area contributed by atoms with Gasteiger partial charge in [0.1, 0.15) is 16.5 Å². The quantitative estimate of drug-likeness (QED) is 0.646. The number of rotatable bonds is 5. The summed E-state index contributed by atoms with van der Waals surface area (Å²) in [6.45, 7) is 5.81. The molecule has 0 aliphatic heterocycles. The fraction of sp³-hybridized carbons (Fsp3) is 0.200. The number of anilines is 2. The minimum Gasteiger partial charge on any atom is -0.347 e. The van der Waals surface area contributed by atoms with Crippen LogP contribution in [-0.2, 0) is 6.54 Å². The van der Waals surface area contributed by atoms with Crippen LogP contribution < -0.4 is 10.6 Å². The maximum absolute atomic E-state index is 13.2. The molecule has 27 heavy (non-hydrogen) atoms. The summed E-state index contributed by atoms with van der Waals surface area (Å²) in [6, 6.07) is 9.21. The van der Waals surface area contributed by atoms with Crippen molar-refractivity contribution < 1.29 is 13.6 Å². The van der Waals surface area contributed by atoms with E-state index in [1.807, 2.05) is 26.0 Å². The number of thiazole rings is 1. The molecule has 1 aromatic heterocycles. The average molecular weight is 387 g/mol. The van der Waals surface area contributed by atoms with Gasteiger partial charge in [-0.1, -0.05) is 29.0 Å². The highest BCUT2D eigenvalue weighted by Crippen LogP contribution is 2.27. The Morgan fingerprint density at radius 2 is 1.78 bits per heavy atom. The van der Waals surface area contributed by atoms with Crippen LogP contribution in [0, 0.1) is 32.4 Å². The summed E-state index contributed by atoms with van der Waals surface area (Å²) in [4.78, 5) is 17.3. The molecule has 2 N–H and O–H groups in total. The van der Waals surface area contributed by atoms with E-state index < -0.39 is 11.6 Å². The molecule has 1 heterocycles. The van der Waals surface area contributed by atoms with E-state index in [9.17, 15) is 13.6 Å². The third-order valence-electron chi connectivity index (χ3n) is 4.00. The Labute approximate surface area is 160 Å². The van der Waals surface area contributed by atoms with Gasteiger partial charge in [0, 0.05) is 18.3 Å². The lowest BCUT2D eigenvalue weighted by Crippen LogP contribution is -2.22. The molecule has 3 rings (SSSR count). The molecular formula is C20H19F2N3OS. The van der Waals surface area contributed by atoms with Gasteiger partial charge in [-0.25, -0.2) is 13.8 Å². The second-order valence-corrected chi connectivity index (χ2v) is 7.34. The molecule has 0 aliphatic carbocycles. The highest BCUT2D eigenvalue weighted by atomic mass is 32.1. The van der Waals surface area contributed by atoms with Crippen LogP contribution in [-0.4, -0.2) is 10.9 Å². The van der Waals surface area contributed by atoms with Crippen LogP contribution in [0.1, 0.15) is 32.1 Å². The van der Waals surface area contributed by atoms with Gasteiger partial charge in [0.15, 0.2) is 5.13 Å². The van der Waals surface area contributed by atoms with Gasteiger partial charge in [0.2, 0.25) is 0 Å². The number of hydrogen-bond acceptors (Lipinski definition) is 4. The predicted molar refractivity (Wildman–Crippen MR) is 104 cm³/mol. The molecular weight excluding hydrogens is 368 g/mol. The maximum atomic E-state index is 13.2. The predicted octanol–water partition coefficient (Wildman–Crippen LogP) is 5.02. The molecule has 0 radical (unpaired) electrons. The maximum Gasteiger partial charge on any atom is 0.263 e. The lowest BCUT2D eigenvalue weighted by atomic mass is 10.1. The van der Waals surface area contributed by atoms with Crippen LogP contribution in [0.2, 0.25) is 0 Å². The summed E-state index contributed by atoms with van der Waals surface area (Å²) in [5.41, 5.74) is 4.13. The molecule has 0 spiro atoms. The summed E-state index contributed by atoms with van der Waals surface area (Å²) in [5, 5.41) is 6.52. The van der Waals surface area contributed by atoms with Gasteiger partial charge in [-0.3, -0.25) is 4.79 Å². The van der Waals surface area contributed by atoms with Gasteiger partial charge >= 0.3 is 0 Å². The number of nitrogens with one attached hydrogen (secondary N) is 2. The average Bonchev–Trinajstić information content (AvgIpc) is 2.95. The summed E-state index contributed by atoms with van der Waals surface area (Å²) in [7, 11) is 0. The molecule has 2 aromatic carbocycles. The van der Waals surface area contributed by atoms with Crippen molar-refractivity contribution in [2.24, 2.45) is 0 Å². The topological polar surface area (TPSA) is 54.0 Å². The number of halogens is 2. The molecule has 0 unspecified atom stereocenters. The highest BCUT2D eigenvalue weighted by Gasteiger charge is 2.16. The molecule has 0 bridgehead atoms. The second kappa shape index (κ2) is 7.84. The third-order valence-corrected chi connectivity index (χ3v) is 5.07. The Morgan fingerprint density at radius 3 is 2.44 bits per heavy atom. The van der Waals surface area contributed by atoms with Crippen LogP contribution in [0.3, 0.4) is 0 Å². The van der Waals surface area contributed by atoms with E-state index in [0.717, 1.165) is 17.3 Å². The van der Waals surface area contributed by atoms with E-state index in [-0.39, 0.29) is 12.5 Å². The Bertz CT molecular complexity index is 981. The van der Waals surface area contributed by atoms with E-state index in [1.165, 1.54) is 29.0 Å². The SMILES string of the molecule is Cc1ccc(Nc2nc(C)c(C(=O)NCc3cc(F)cc(F)c3)s2)c(C)c1. The van der Waals surface area contributed by atoms with Crippen molar-refractivity contribution >= 4 is 28.1 Å². The lowest BCUT2D eigenvalue weighted by Gasteiger charge is -2.07. The van der Waals surface area contributed by atoms with Crippen molar-refractivity contribution in [3.8, 4) is 0 Å². The van der Waals surface area contributed by atoms with Crippen molar-refractivity contribution in [3.63, 3.8) is 0 Å². The van der Waals surface area contributed by atoms with Gasteiger partial charge in [-0.15, -0.1) is 0 Å². The first-order chi connectivity index (χ1) is 12.8. The number of benzene rings is 2. The lowest BCUT2D eigenvalue weighted by molar-refractivity contribution is 0.0954. The minimum atomic E-state index is -0.673. The van der Waals surface area contributed by atoms with Crippen molar-refractivity contribution in [2.75, 3.05) is 5.32 Å². The standard InChI is InChI=1S/C20H19F2N3OS/c1-11-4-5-17(12(2)6-11)25-20-24-13(3)18(27-20)19(26)23-10-14-7-15(21)9-16(22)8-14/h4-9H,10H2,1-3H3,(H,23,26)(H,24,25). The number of nitrogens with zero attached hydrogens (tertiary/aromatic N) is 1. The molecule has 0 fully saturated rings. The monoisotopic (exact) mass is 387 g/mol. The fourth-order valence-corrected chi connectivity index (χ4v) is 3.60. The second-order valence-electron chi connectivity index (χ2n) is 6.34. The smallest absolute Gasteiger partial charge is 0.263 e. The highest BCUT2D eigenvalue weighted by molar-refractivity contribution is 7.17. The van der Waals surface area contributed by atoms with Gasteiger partial charge in [0.25, 0.3) is 5.91 Å². The Balaban J connectivity index is 1.70. The van der Waals surface area contributed by atoms with E-state index in [0.29, 0.717) is 21.3 Å². The molecule has 0 atom stereocenters. The van der Waals surface area contributed by atoms with E-state index >= 15 is 0 Å². The van der Waals surface area contributed by atoms with Crippen LogP contribution in [0.4, 0.5) is 19.6 Å². The van der Waals surface area contributed by atoms with Crippen molar-refractivity contribution in [3.05, 3.63) is 75.3 Å². The van der Waals surface area contributed by atoms with Gasteiger partial charge in [0.05, 0.1) is 5.69 Å². The van der Waals surface area contributed by atoms with Crippen molar-refractivity contribution in [1.82, 2.24) is 10.3 Å². The number of amides is 1. The molecule has 140 valence electrons. The number of carbonyl (C=O) groups is 1. The number of aromatic nitrogens is 1. The zero-order valence-electron chi connectivity index (χ0n) is 15.2. The van der Waals surface area contributed by atoms with Crippen LogP contribution in [0.5, 0.6) is 0 Å². The summed E-state index contributed by atoms with van der Waals surface area (Å²) >= 11 is 1.23. The molecule has 1 amide bonds. The first kappa shape index (κ1) is 19.0. The Hall–Kier alpha value is -2.80. The van der Waals surface area contributed by atoms with Crippen LogP contribution in [0.25, 0.3) is 0 Å². The number of carbonyl (C=O) groups excluding carboxylic acids is 1. The van der Waals surface area contributed by atoms with Gasteiger partial charge in [-0.2, -0.15) is 0 Å². The first-order valence-electron chi connectivity index (χ1n) is 8.36. The Morgan fingerprint density at radius 1 is 1.07 bits per heavy atom. The fourth-order valence-electron chi connectivity index (χ4n) is 2.71. The summed E-state index contributed by atoms with van der Waals surface area (Å²) < 4.78 is 26.5. The normalized spacial score (nSPS) is 10.7. The van der Waals surface area contributed by atoms with Crippen LogP contribution >= 0.6 is 11.3 Å². The zero-order chi connectivity index (χ0) is 19.6. The largest absolute Gasteiger partial charge is 0.347 e. The van der Waals surface area contributed by atoms with Gasteiger partial charge in [-0.05, 0) is 50.1 Å². The van der Waals surface area contributed by atoms with E-state index in [2.05, 4.69) is 21.7 Å². The van der Waals surface area contributed by atoms with E-state index in [1.54, 1.807) is 6.92 Å². The molecule has 0 aliphatic rings. The Kier molecular flexibility index (Phi) is 5.51. The van der Waals surface area contributed by atoms with Gasteiger partial charge < -0.3 is 10.6 Å². The molecule has 0 saturated carbocycles. The summed E-state index contributed by atoms with van der Waals surface area (Å²) in [6.07, 6.45) is 0. The third kappa shape index (κ3) is 4.68. The van der Waals surface area contributed by atoms with Crippen molar-refractivity contribution in [2.45, 2.75) is 27.3 Å². The molecule has 3 aromatic rings. The molecule has 4 nitrogen and oxygen atoms in total. The first-order valence-corrected chi connectivity index (χ1v) is 9.18. The zero-order valence-corrected chi connectivity index (χ0v) is 16.0. The molecule has 0 saturated heterocycles.